The van der Waals surface area contributed by atoms with E-state index in [2.05, 4.69) is 17.4 Å². The average Bonchev–Trinajstić information content (AvgIpc) is 2.66. The smallest absolute Gasteiger partial charge is 0.317 e. The molecule has 0 aromatic heterocycles. The molecule has 0 bridgehead atoms. The molecular formula is C20H24N2O3. The summed E-state index contributed by atoms with van der Waals surface area (Å²) in [6.45, 7) is 4.93. The number of hydrogen-bond donors (Lipinski definition) is 1. The normalized spacial score (nSPS) is 13.1. The van der Waals surface area contributed by atoms with Gasteiger partial charge in [-0.25, -0.2) is 4.79 Å². The predicted octanol–water partition coefficient (Wildman–Crippen LogP) is 3.23. The summed E-state index contributed by atoms with van der Waals surface area (Å²) < 4.78 is 11.0. The van der Waals surface area contributed by atoms with E-state index in [1.165, 1.54) is 11.1 Å². The minimum Gasteiger partial charge on any atom is -0.494 e. The molecule has 0 saturated heterocycles. The molecule has 1 aliphatic heterocycles. The predicted molar refractivity (Wildman–Crippen MR) is 97.1 cm³/mol. The van der Waals surface area contributed by atoms with Crippen LogP contribution in [-0.2, 0) is 13.0 Å². The molecule has 0 saturated carbocycles. The first-order valence-corrected chi connectivity index (χ1v) is 8.71. The van der Waals surface area contributed by atoms with E-state index < -0.39 is 0 Å². The maximum Gasteiger partial charge on any atom is 0.317 e. The highest BCUT2D eigenvalue weighted by molar-refractivity contribution is 5.74. The molecule has 132 valence electrons. The monoisotopic (exact) mass is 340 g/mol. The lowest BCUT2D eigenvalue weighted by Gasteiger charge is -2.28. The first kappa shape index (κ1) is 17.1. The summed E-state index contributed by atoms with van der Waals surface area (Å²) in [7, 11) is 0. The fourth-order valence-electron chi connectivity index (χ4n) is 2.91. The Morgan fingerprint density at radius 3 is 2.44 bits per heavy atom. The van der Waals surface area contributed by atoms with Crippen LogP contribution < -0.4 is 14.8 Å². The van der Waals surface area contributed by atoms with E-state index in [0.717, 1.165) is 24.5 Å². The summed E-state index contributed by atoms with van der Waals surface area (Å²) in [5.74, 6) is 1.60. The SMILES string of the molecule is CCOc1ccc(OCCNC(=O)N2CCc3ccccc3C2)cc1. The van der Waals surface area contributed by atoms with Gasteiger partial charge < -0.3 is 19.7 Å². The molecule has 0 spiro atoms. The zero-order chi connectivity index (χ0) is 17.5. The van der Waals surface area contributed by atoms with Crippen LogP contribution in [0.2, 0.25) is 0 Å². The van der Waals surface area contributed by atoms with E-state index in [1.54, 1.807) is 0 Å². The van der Waals surface area contributed by atoms with Crippen LogP contribution in [0.25, 0.3) is 0 Å². The lowest BCUT2D eigenvalue weighted by Crippen LogP contribution is -2.43. The number of fused-ring (bicyclic) bond motifs is 1. The second kappa shape index (κ2) is 8.42. The van der Waals surface area contributed by atoms with Crippen molar-refractivity contribution < 1.29 is 14.3 Å². The standard InChI is InChI=1S/C20H24N2O3/c1-2-24-18-7-9-19(10-8-18)25-14-12-21-20(23)22-13-11-16-5-3-4-6-17(16)15-22/h3-10H,2,11-15H2,1H3,(H,21,23). The Morgan fingerprint density at radius 1 is 1.04 bits per heavy atom. The maximum atomic E-state index is 12.3. The fraction of sp³-hybridized carbons (Fsp3) is 0.350. The third-order valence-electron chi connectivity index (χ3n) is 4.20. The second-order valence-electron chi connectivity index (χ2n) is 5.93. The number of rotatable bonds is 6. The maximum absolute atomic E-state index is 12.3. The van der Waals surface area contributed by atoms with Crippen molar-refractivity contribution in [2.75, 3.05) is 26.3 Å². The lowest BCUT2D eigenvalue weighted by atomic mass is 10.0. The zero-order valence-electron chi connectivity index (χ0n) is 14.5. The molecule has 1 aliphatic rings. The van der Waals surface area contributed by atoms with Crippen molar-refractivity contribution in [2.24, 2.45) is 0 Å². The van der Waals surface area contributed by atoms with Crippen molar-refractivity contribution in [3.05, 3.63) is 59.7 Å². The minimum absolute atomic E-state index is 0.0372. The summed E-state index contributed by atoms with van der Waals surface area (Å²) in [4.78, 5) is 14.1. The minimum atomic E-state index is -0.0372. The molecule has 0 atom stereocenters. The molecule has 0 aliphatic carbocycles. The van der Waals surface area contributed by atoms with Crippen LogP contribution in [0.1, 0.15) is 18.1 Å². The van der Waals surface area contributed by atoms with Crippen LogP contribution in [0.5, 0.6) is 11.5 Å². The molecule has 25 heavy (non-hydrogen) atoms. The number of amides is 2. The second-order valence-corrected chi connectivity index (χ2v) is 5.93. The van der Waals surface area contributed by atoms with Crippen LogP contribution in [0, 0.1) is 0 Å². The van der Waals surface area contributed by atoms with Gasteiger partial charge in [-0.05, 0) is 48.7 Å². The highest BCUT2D eigenvalue weighted by Gasteiger charge is 2.19. The number of benzene rings is 2. The Hall–Kier alpha value is -2.69. The van der Waals surface area contributed by atoms with Crippen LogP contribution in [0.3, 0.4) is 0 Å². The molecule has 5 heteroatoms. The van der Waals surface area contributed by atoms with Crippen LogP contribution in [-0.4, -0.2) is 37.2 Å². The highest BCUT2D eigenvalue weighted by atomic mass is 16.5. The largest absolute Gasteiger partial charge is 0.494 e. The van der Waals surface area contributed by atoms with E-state index in [1.807, 2.05) is 48.2 Å². The topological polar surface area (TPSA) is 50.8 Å². The molecule has 0 unspecified atom stereocenters. The first-order chi connectivity index (χ1) is 12.3. The molecule has 1 N–H and O–H groups in total. The van der Waals surface area contributed by atoms with Gasteiger partial charge in [0, 0.05) is 13.1 Å². The molecule has 2 amide bonds. The van der Waals surface area contributed by atoms with Crippen LogP contribution in [0.15, 0.2) is 48.5 Å². The van der Waals surface area contributed by atoms with Crippen molar-refractivity contribution in [1.29, 1.82) is 0 Å². The van der Waals surface area contributed by atoms with Crippen molar-refractivity contribution in [3.63, 3.8) is 0 Å². The number of nitrogens with one attached hydrogen (secondary N) is 1. The van der Waals surface area contributed by atoms with E-state index in [0.29, 0.717) is 26.3 Å². The van der Waals surface area contributed by atoms with E-state index in [4.69, 9.17) is 9.47 Å². The molecule has 2 aromatic rings. The molecular weight excluding hydrogens is 316 g/mol. The zero-order valence-corrected chi connectivity index (χ0v) is 14.5. The van der Waals surface area contributed by atoms with Crippen LogP contribution >= 0.6 is 0 Å². The summed E-state index contributed by atoms with van der Waals surface area (Å²) in [5, 5.41) is 2.92. The van der Waals surface area contributed by atoms with Crippen molar-refractivity contribution in [1.82, 2.24) is 10.2 Å². The van der Waals surface area contributed by atoms with Crippen molar-refractivity contribution in [3.8, 4) is 11.5 Å². The van der Waals surface area contributed by atoms with E-state index >= 15 is 0 Å². The Morgan fingerprint density at radius 2 is 1.72 bits per heavy atom. The molecule has 3 rings (SSSR count). The molecule has 2 aromatic carbocycles. The Labute approximate surface area is 148 Å². The summed E-state index contributed by atoms with van der Waals surface area (Å²) in [5.41, 5.74) is 2.57. The number of hydrogen-bond acceptors (Lipinski definition) is 3. The summed E-state index contributed by atoms with van der Waals surface area (Å²) >= 11 is 0. The third kappa shape index (κ3) is 4.66. The number of carbonyl (C=O) groups excluding carboxylic acids is 1. The van der Waals surface area contributed by atoms with Gasteiger partial charge in [-0.3, -0.25) is 0 Å². The molecule has 0 fully saturated rings. The average molecular weight is 340 g/mol. The molecule has 5 nitrogen and oxygen atoms in total. The van der Waals surface area contributed by atoms with Gasteiger partial charge in [0.2, 0.25) is 0 Å². The fourth-order valence-corrected chi connectivity index (χ4v) is 2.91. The Kier molecular flexibility index (Phi) is 5.77. The van der Waals surface area contributed by atoms with Crippen molar-refractivity contribution in [2.45, 2.75) is 19.9 Å². The third-order valence-corrected chi connectivity index (χ3v) is 4.20. The van der Waals surface area contributed by atoms with Gasteiger partial charge in [0.05, 0.1) is 13.2 Å². The van der Waals surface area contributed by atoms with Gasteiger partial charge >= 0.3 is 6.03 Å². The molecule has 1 heterocycles. The quantitative estimate of drug-likeness (QED) is 0.822. The lowest BCUT2D eigenvalue weighted by molar-refractivity contribution is 0.189. The van der Waals surface area contributed by atoms with Crippen LogP contribution in [0.4, 0.5) is 4.79 Å². The Bertz CT molecular complexity index is 700. The Balaban J connectivity index is 1.40. The van der Waals surface area contributed by atoms with Crippen molar-refractivity contribution >= 4 is 6.03 Å². The van der Waals surface area contributed by atoms with Gasteiger partial charge in [-0.2, -0.15) is 0 Å². The molecule has 0 radical (unpaired) electrons. The van der Waals surface area contributed by atoms with E-state index in [-0.39, 0.29) is 6.03 Å². The van der Waals surface area contributed by atoms with Gasteiger partial charge in [0.25, 0.3) is 0 Å². The van der Waals surface area contributed by atoms with E-state index in [9.17, 15) is 4.79 Å². The van der Waals surface area contributed by atoms with Gasteiger partial charge in [-0.15, -0.1) is 0 Å². The van der Waals surface area contributed by atoms with Gasteiger partial charge in [-0.1, -0.05) is 24.3 Å². The summed E-state index contributed by atoms with van der Waals surface area (Å²) in [6.07, 6.45) is 0.909. The summed E-state index contributed by atoms with van der Waals surface area (Å²) in [6, 6.07) is 15.7. The number of urea groups is 1. The first-order valence-electron chi connectivity index (χ1n) is 8.71. The van der Waals surface area contributed by atoms with Gasteiger partial charge in [0.1, 0.15) is 18.1 Å². The highest BCUT2D eigenvalue weighted by Crippen LogP contribution is 2.19. The number of nitrogens with zero attached hydrogens (tertiary/aromatic N) is 1. The van der Waals surface area contributed by atoms with Gasteiger partial charge in [0.15, 0.2) is 0 Å². The number of carbonyl (C=O) groups is 1. The number of ether oxygens (including phenoxy) is 2.